The summed E-state index contributed by atoms with van der Waals surface area (Å²) in [5, 5.41) is 17.1. The molecule has 0 saturated heterocycles. The lowest BCUT2D eigenvalue weighted by atomic mass is 10.1. The highest BCUT2D eigenvalue weighted by Crippen LogP contribution is 2.07. The number of rotatable bonds is 7. The fraction of sp³-hybridized carbons (Fsp3) is 0.385. The smallest absolute Gasteiger partial charge is 0.338 e. The predicted octanol–water partition coefficient (Wildman–Crippen LogP) is 0.375. The number of carbonyl (C=O) groups excluding carboxylic acids is 2. The van der Waals surface area contributed by atoms with E-state index in [1.165, 1.54) is 24.3 Å². The van der Waals surface area contributed by atoms with Gasteiger partial charge in [-0.05, 0) is 24.3 Å². The van der Waals surface area contributed by atoms with Crippen LogP contribution in [-0.4, -0.2) is 48.6 Å². The molecule has 0 fully saturated rings. The van der Waals surface area contributed by atoms with Crippen LogP contribution in [0.2, 0.25) is 0 Å². The van der Waals surface area contributed by atoms with Gasteiger partial charge in [0.05, 0.1) is 24.3 Å². The van der Waals surface area contributed by atoms with E-state index >= 15 is 0 Å². The summed E-state index contributed by atoms with van der Waals surface area (Å²) in [5.74, 6) is -1.07. The van der Waals surface area contributed by atoms with Crippen LogP contribution in [0.25, 0.3) is 0 Å². The molecule has 0 saturated carbocycles. The Labute approximate surface area is 110 Å². The standard InChI is InChI=1S/C13H16O6/c14-6-1-8-18-12(16)10-2-4-11(5-3-10)13(17)19-9-7-15/h2-5,14-15H,1,6-9H2. The van der Waals surface area contributed by atoms with Gasteiger partial charge in [-0.15, -0.1) is 0 Å². The van der Waals surface area contributed by atoms with Gasteiger partial charge in [-0.1, -0.05) is 0 Å². The second-order valence-corrected chi connectivity index (χ2v) is 3.65. The van der Waals surface area contributed by atoms with Crippen LogP contribution < -0.4 is 0 Å². The van der Waals surface area contributed by atoms with Crippen molar-refractivity contribution in [2.75, 3.05) is 26.4 Å². The first-order valence-electron chi connectivity index (χ1n) is 5.85. The Hall–Kier alpha value is -1.92. The molecule has 1 aromatic rings. The van der Waals surface area contributed by atoms with Crippen LogP contribution in [0, 0.1) is 0 Å². The molecule has 0 aliphatic rings. The van der Waals surface area contributed by atoms with Crippen molar-refractivity contribution in [3.63, 3.8) is 0 Å². The molecule has 19 heavy (non-hydrogen) atoms. The molecule has 2 N–H and O–H groups in total. The summed E-state index contributed by atoms with van der Waals surface area (Å²) in [7, 11) is 0. The Kier molecular flexibility index (Phi) is 6.56. The number of hydrogen-bond acceptors (Lipinski definition) is 6. The molecular weight excluding hydrogens is 252 g/mol. The van der Waals surface area contributed by atoms with Gasteiger partial charge < -0.3 is 19.7 Å². The monoisotopic (exact) mass is 268 g/mol. The lowest BCUT2D eigenvalue weighted by Gasteiger charge is -2.05. The van der Waals surface area contributed by atoms with Gasteiger partial charge in [0.1, 0.15) is 6.61 Å². The molecule has 0 unspecified atom stereocenters. The first kappa shape index (κ1) is 15.1. The number of aliphatic hydroxyl groups excluding tert-OH is 2. The van der Waals surface area contributed by atoms with Crippen LogP contribution in [0.1, 0.15) is 27.1 Å². The van der Waals surface area contributed by atoms with Crippen molar-refractivity contribution < 1.29 is 29.3 Å². The van der Waals surface area contributed by atoms with E-state index in [1.54, 1.807) is 0 Å². The third-order valence-electron chi connectivity index (χ3n) is 2.22. The molecule has 0 amide bonds. The molecule has 1 aromatic carbocycles. The molecule has 6 heteroatoms. The van der Waals surface area contributed by atoms with Gasteiger partial charge in [0, 0.05) is 13.0 Å². The normalized spacial score (nSPS) is 10.0. The molecule has 0 heterocycles. The minimum atomic E-state index is -0.561. The second kappa shape index (κ2) is 8.23. The summed E-state index contributed by atoms with van der Waals surface area (Å²) in [5.41, 5.74) is 0.608. The SMILES string of the molecule is O=C(OCCO)c1ccc(C(=O)OCCCO)cc1. The number of benzene rings is 1. The van der Waals surface area contributed by atoms with Gasteiger partial charge in [-0.3, -0.25) is 0 Å². The summed E-state index contributed by atoms with van der Waals surface area (Å²) in [4.78, 5) is 22.9. The first-order valence-corrected chi connectivity index (χ1v) is 5.85. The van der Waals surface area contributed by atoms with E-state index in [0.29, 0.717) is 17.5 Å². The van der Waals surface area contributed by atoms with Crippen molar-refractivity contribution in [2.45, 2.75) is 6.42 Å². The van der Waals surface area contributed by atoms with Crippen LogP contribution >= 0.6 is 0 Å². The topological polar surface area (TPSA) is 93.1 Å². The van der Waals surface area contributed by atoms with Gasteiger partial charge in [0.2, 0.25) is 0 Å². The van der Waals surface area contributed by atoms with Crippen LogP contribution in [0.15, 0.2) is 24.3 Å². The minimum Gasteiger partial charge on any atom is -0.462 e. The predicted molar refractivity (Wildman–Crippen MR) is 65.8 cm³/mol. The Morgan fingerprint density at radius 2 is 1.32 bits per heavy atom. The highest BCUT2D eigenvalue weighted by atomic mass is 16.5. The highest BCUT2D eigenvalue weighted by molar-refractivity contribution is 5.93. The third kappa shape index (κ3) is 5.07. The van der Waals surface area contributed by atoms with Gasteiger partial charge in [0.15, 0.2) is 0 Å². The fourth-order valence-corrected chi connectivity index (χ4v) is 1.28. The highest BCUT2D eigenvalue weighted by Gasteiger charge is 2.10. The lowest BCUT2D eigenvalue weighted by Crippen LogP contribution is -2.10. The maximum atomic E-state index is 11.5. The summed E-state index contributed by atoms with van der Waals surface area (Å²) in [6.07, 6.45) is 0.386. The van der Waals surface area contributed by atoms with Crippen molar-refractivity contribution in [1.29, 1.82) is 0 Å². The molecule has 0 atom stereocenters. The van der Waals surface area contributed by atoms with Gasteiger partial charge >= 0.3 is 11.9 Å². The second-order valence-electron chi connectivity index (χ2n) is 3.65. The minimum absolute atomic E-state index is 0.0388. The van der Waals surface area contributed by atoms with Crippen LogP contribution in [0.5, 0.6) is 0 Å². The fourth-order valence-electron chi connectivity index (χ4n) is 1.28. The Morgan fingerprint density at radius 1 is 0.842 bits per heavy atom. The van der Waals surface area contributed by atoms with Crippen molar-refractivity contribution in [3.8, 4) is 0 Å². The molecule has 1 rings (SSSR count). The molecule has 0 radical (unpaired) electrons. The van der Waals surface area contributed by atoms with Crippen LogP contribution in [0.3, 0.4) is 0 Å². The molecular formula is C13H16O6. The van der Waals surface area contributed by atoms with Gasteiger partial charge in [0.25, 0.3) is 0 Å². The van der Waals surface area contributed by atoms with Crippen molar-refractivity contribution in [3.05, 3.63) is 35.4 Å². The van der Waals surface area contributed by atoms with E-state index in [1.807, 2.05) is 0 Å². The number of ether oxygens (including phenoxy) is 2. The van der Waals surface area contributed by atoms with E-state index < -0.39 is 11.9 Å². The maximum Gasteiger partial charge on any atom is 0.338 e. The molecule has 0 aromatic heterocycles. The van der Waals surface area contributed by atoms with E-state index in [-0.39, 0.29) is 26.4 Å². The lowest BCUT2D eigenvalue weighted by molar-refractivity contribution is 0.0430. The average molecular weight is 268 g/mol. The maximum absolute atomic E-state index is 11.5. The molecule has 104 valence electrons. The van der Waals surface area contributed by atoms with Crippen LogP contribution in [-0.2, 0) is 9.47 Å². The summed E-state index contributed by atoms with van der Waals surface area (Å²) in [6, 6.07) is 5.80. The molecule has 0 aliphatic heterocycles. The third-order valence-corrected chi connectivity index (χ3v) is 2.22. The van der Waals surface area contributed by atoms with E-state index in [4.69, 9.17) is 19.7 Å². The number of carbonyl (C=O) groups is 2. The van der Waals surface area contributed by atoms with Gasteiger partial charge in [-0.2, -0.15) is 0 Å². The first-order chi connectivity index (χ1) is 9.19. The Balaban J connectivity index is 2.55. The average Bonchev–Trinajstić information content (AvgIpc) is 2.45. The zero-order chi connectivity index (χ0) is 14.1. The largest absolute Gasteiger partial charge is 0.462 e. The quantitative estimate of drug-likeness (QED) is 0.548. The number of aliphatic hydroxyl groups is 2. The van der Waals surface area contributed by atoms with Crippen LogP contribution in [0.4, 0.5) is 0 Å². The van der Waals surface area contributed by atoms with E-state index in [2.05, 4.69) is 0 Å². The van der Waals surface area contributed by atoms with Crippen molar-refractivity contribution in [1.82, 2.24) is 0 Å². The molecule has 6 nitrogen and oxygen atoms in total. The zero-order valence-corrected chi connectivity index (χ0v) is 10.4. The molecule has 0 bridgehead atoms. The zero-order valence-electron chi connectivity index (χ0n) is 10.4. The Morgan fingerprint density at radius 3 is 1.74 bits per heavy atom. The summed E-state index contributed by atoms with van der Waals surface area (Å²) >= 11 is 0. The number of esters is 2. The van der Waals surface area contributed by atoms with Gasteiger partial charge in [-0.25, -0.2) is 9.59 Å². The summed E-state index contributed by atoms with van der Waals surface area (Å²) in [6.45, 7) is -0.191. The molecule has 0 spiro atoms. The summed E-state index contributed by atoms with van der Waals surface area (Å²) < 4.78 is 9.61. The van der Waals surface area contributed by atoms with E-state index in [0.717, 1.165) is 0 Å². The van der Waals surface area contributed by atoms with E-state index in [9.17, 15) is 9.59 Å². The molecule has 0 aliphatic carbocycles. The Bertz CT molecular complexity index is 412. The van der Waals surface area contributed by atoms with Crippen molar-refractivity contribution in [2.24, 2.45) is 0 Å². The van der Waals surface area contributed by atoms with Crippen molar-refractivity contribution >= 4 is 11.9 Å². The number of hydrogen-bond donors (Lipinski definition) is 2.